The Morgan fingerprint density at radius 3 is 2.58 bits per heavy atom. The summed E-state index contributed by atoms with van der Waals surface area (Å²) in [5.41, 5.74) is 6.26. The van der Waals surface area contributed by atoms with Crippen LogP contribution in [-0.2, 0) is 16.1 Å². The summed E-state index contributed by atoms with van der Waals surface area (Å²) >= 11 is 0. The highest BCUT2D eigenvalue weighted by atomic mass is 35.5. The van der Waals surface area contributed by atoms with Crippen LogP contribution in [0.3, 0.4) is 0 Å². The van der Waals surface area contributed by atoms with Crippen LogP contribution in [0.1, 0.15) is 12.0 Å². The van der Waals surface area contributed by atoms with E-state index in [2.05, 4.69) is 5.32 Å². The Balaban J connectivity index is 0.00000324. The highest BCUT2D eigenvalue weighted by Crippen LogP contribution is 2.11. The van der Waals surface area contributed by atoms with Crippen LogP contribution in [0.15, 0.2) is 24.3 Å². The number of benzene rings is 1. The first-order valence-electron chi connectivity index (χ1n) is 5.93. The lowest BCUT2D eigenvalue weighted by molar-refractivity contribution is -0.119. The Hall–Kier alpha value is -1.30. The second-order valence-corrected chi connectivity index (χ2v) is 3.81. The van der Waals surface area contributed by atoms with Gasteiger partial charge in [0.25, 0.3) is 0 Å². The van der Waals surface area contributed by atoms with Crippen LogP contribution in [-0.4, -0.2) is 32.7 Å². The predicted molar refractivity (Wildman–Crippen MR) is 76.6 cm³/mol. The van der Waals surface area contributed by atoms with E-state index in [1.807, 2.05) is 24.3 Å². The Labute approximate surface area is 119 Å². The maximum absolute atomic E-state index is 10.8. The molecular weight excluding hydrogens is 268 g/mol. The molecule has 0 saturated carbocycles. The van der Waals surface area contributed by atoms with Crippen molar-refractivity contribution in [3.8, 4) is 5.75 Å². The number of hydrogen-bond acceptors (Lipinski definition) is 4. The van der Waals surface area contributed by atoms with Crippen molar-refractivity contribution in [3.05, 3.63) is 29.8 Å². The van der Waals surface area contributed by atoms with E-state index in [0.717, 1.165) is 17.7 Å². The fourth-order valence-electron chi connectivity index (χ4n) is 1.39. The minimum atomic E-state index is -0.134. The number of rotatable bonds is 8. The average Bonchev–Trinajstić information content (AvgIpc) is 2.43. The maximum Gasteiger partial charge on any atom is 0.233 e. The summed E-state index contributed by atoms with van der Waals surface area (Å²) in [4.78, 5) is 10.8. The first-order valence-corrected chi connectivity index (χ1v) is 5.93. The lowest BCUT2D eigenvalue weighted by atomic mass is 10.2. The molecule has 0 unspecified atom stereocenters. The second kappa shape index (κ2) is 10.6. The molecule has 5 nitrogen and oxygen atoms in total. The molecule has 1 aromatic carbocycles. The van der Waals surface area contributed by atoms with Gasteiger partial charge in [-0.25, -0.2) is 0 Å². The summed E-state index contributed by atoms with van der Waals surface area (Å²) < 4.78 is 10.6. The third kappa shape index (κ3) is 7.66. The summed E-state index contributed by atoms with van der Waals surface area (Å²) in [6.45, 7) is 1.80. The van der Waals surface area contributed by atoms with Crippen molar-refractivity contribution in [1.29, 1.82) is 0 Å². The predicted octanol–water partition coefficient (Wildman–Crippen LogP) is 1.10. The van der Waals surface area contributed by atoms with Gasteiger partial charge in [-0.3, -0.25) is 4.79 Å². The second-order valence-electron chi connectivity index (χ2n) is 3.81. The lowest BCUT2D eigenvalue weighted by Crippen LogP contribution is -2.31. The molecule has 0 aliphatic heterocycles. The van der Waals surface area contributed by atoms with Gasteiger partial charge in [-0.1, -0.05) is 12.1 Å². The number of amides is 1. The van der Waals surface area contributed by atoms with Gasteiger partial charge in [0.1, 0.15) is 5.75 Å². The Kier molecular flexibility index (Phi) is 9.88. The summed E-state index contributed by atoms with van der Waals surface area (Å²) in [7, 11) is 1.64. The molecule has 0 aromatic heterocycles. The van der Waals surface area contributed by atoms with E-state index in [4.69, 9.17) is 15.2 Å². The van der Waals surface area contributed by atoms with Crippen molar-refractivity contribution < 1.29 is 14.3 Å². The molecule has 0 radical (unpaired) electrons. The van der Waals surface area contributed by atoms with Gasteiger partial charge < -0.3 is 20.5 Å². The molecule has 1 aromatic rings. The zero-order valence-electron chi connectivity index (χ0n) is 11.1. The van der Waals surface area contributed by atoms with Crippen LogP contribution in [0.4, 0.5) is 0 Å². The molecule has 0 saturated heterocycles. The molecule has 0 spiro atoms. The number of carbonyl (C=O) groups is 1. The normalized spacial score (nSPS) is 9.58. The van der Waals surface area contributed by atoms with Crippen molar-refractivity contribution in [1.82, 2.24) is 5.32 Å². The van der Waals surface area contributed by atoms with Gasteiger partial charge in [-0.2, -0.15) is 0 Å². The fraction of sp³-hybridized carbons (Fsp3) is 0.462. The van der Waals surface area contributed by atoms with Crippen LogP contribution in [0.2, 0.25) is 0 Å². The molecule has 0 fully saturated rings. The lowest BCUT2D eigenvalue weighted by Gasteiger charge is -2.06. The SMILES string of the molecule is COc1ccc(COCCCNC(=O)CN)cc1.Cl. The maximum atomic E-state index is 10.8. The van der Waals surface area contributed by atoms with Gasteiger partial charge >= 0.3 is 0 Å². The van der Waals surface area contributed by atoms with Crippen LogP contribution < -0.4 is 15.8 Å². The van der Waals surface area contributed by atoms with Crippen molar-refractivity contribution in [2.75, 3.05) is 26.8 Å². The highest BCUT2D eigenvalue weighted by molar-refractivity contribution is 5.85. The average molecular weight is 289 g/mol. The van der Waals surface area contributed by atoms with Crippen LogP contribution in [0.25, 0.3) is 0 Å². The molecule has 1 rings (SSSR count). The van der Waals surface area contributed by atoms with Crippen LogP contribution in [0, 0.1) is 0 Å². The van der Waals surface area contributed by atoms with Gasteiger partial charge in [0.15, 0.2) is 0 Å². The van der Waals surface area contributed by atoms with E-state index < -0.39 is 0 Å². The molecule has 19 heavy (non-hydrogen) atoms. The van der Waals surface area contributed by atoms with E-state index in [-0.39, 0.29) is 24.9 Å². The first-order chi connectivity index (χ1) is 8.76. The van der Waals surface area contributed by atoms with Crippen molar-refractivity contribution in [3.63, 3.8) is 0 Å². The standard InChI is InChI=1S/C13H20N2O3.ClH/c1-17-12-5-3-11(4-6-12)10-18-8-2-7-15-13(16)9-14;/h3-6H,2,7-10,14H2,1H3,(H,15,16);1H. The number of ether oxygens (including phenoxy) is 2. The van der Waals surface area contributed by atoms with Gasteiger partial charge in [-0.05, 0) is 24.1 Å². The number of nitrogens with two attached hydrogens (primary N) is 1. The Morgan fingerprint density at radius 2 is 2.00 bits per heavy atom. The molecule has 3 N–H and O–H groups in total. The zero-order chi connectivity index (χ0) is 13.2. The molecule has 0 aliphatic rings. The minimum absolute atomic E-state index is 0. The molecule has 1 amide bonds. The summed E-state index contributed by atoms with van der Waals surface area (Å²) in [6, 6.07) is 7.74. The smallest absolute Gasteiger partial charge is 0.233 e. The van der Waals surface area contributed by atoms with Gasteiger partial charge in [0.05, 0.1) is 20.3 Å². The summed E-state index contributed by atoms with van der Waals surface area (Å²) in [5, 5.41) is 2.69. The molecule has 0 atom stereocenters. The summed E-state index contributed by atoms with van der Waals surface area (Å²) in [6.07, 6.45) is 0.780. The molecule has 6 heteroatoms. The number of halogens is 1. The van der Waals surface area contributed by atoms with Gasteiger partial charge in [-0.15, -0.1) is 12.4 Å². The summed E-state index contributed by atoms with van der Waals surface area (Å²) in [5.74, 6) is 0.702. The topological polar surface area (TPSA) is 73.6 Å². The Morgan fingerprint density at radius 1 is 1.32 bits per heavy atom. The first kappa shape index (κ1) is 17.7. The Bertz CT molecular complexity index is 357. The van der Waals surface area contributed by atoms with Crippen molar-refractivity contribution in [2.24, 2.45) is 5.73 Å². The monoisotopic (exact) mass is 288 g/mol. The molecule has 0 aliphatic carbocycles. The van der Waals surface area contributed by atoms with E-state index in [9.17, 15) is 4.79 Å². The zero-order valence-corrected chi connectivity index (χ0v) is 11.9. The van der Waals surface area contributed by atoms with E-state index >= 15 is 0 Å². The van der Waals surface area contributed by atoms with Crippen molar-refractivity contribution in [2.45, 2.75) is 13.0 Å². The van der Waals surface area contributed by atoms with Crippen LogP contribution in [0.5, 0.6) is 5.75 Å². The number of hydrogen-bond donors (Lipinski definition) is 2. The largest absolute Gasteiger partial charge is 0.497 e. The number of nitrogens with one attached hydrogen (secondary N) is 1. The van der Waals surface area contributed by atoms with Gasteiger partial charge in [0.2, 0.25) is 5.91 Å². The quantitative estimate of drug-likeness (QED) is 0.703. The van der Waals surface area contributed by atoms with E-state index in [1.54, 1.807) is 7.11 Å². The third-order valence-electron chi connectivity index (χ3n) is 2.40. The van der Waals surface area contributed by atoms with E-state index in [1.165, 1.54) is 0 Å². The molecule has 0 bridgehead atoms. The fourth-order valence-corrected chi connectivity index (χ4v) is 1.39. The van der Waals surface area contributed by atoms with E-state index in [0.29, 0.717) is 19.8 Å². The van der Waals surface area contributed by atoms with Crippen LogP contribution >= 0.6 is 12.4 Å². The van der Waals surface area contributed by atoms with Crippen molar-refractivity contribution >= 4 is 18.3 Å². The third-order valence-corrected chi connectivity index (χ3v) is 2.40. The molecule has 0 heterocycles. The number of methoxy groups -OCH3 is 1. The number of carbonyl (C=O) groups excluding carboxylic acids is 1. The highest BCUT2D eigenvalue weighted by Gasteiger charge is 1.97. The minimum Gasteiger partial charge on any atom is -0.497 e. The molecular formula is C13H21ClN2O3. The van der Waals surface area contributed by atoms with Gasteiger partial charge in [0, 0.05) is 13.2 Å². The molecule has 108 valence electrons.